The third kappa shape index (κ3) is 3.41. The zero-order chi connectivity index (χ0) is 12.4. The summed E-state index contributed by atoms with van der Waals surface area (Å²) in [5.74, 6) is 0.884. The monoisotopic (exact) mass is 313 g/mol. The first-order valence-electron chi connectivity index (χ1n) is 6.28. The van der Waals surface area contributed by atoms with Crippen LogP contribution in [0.3, 0.4) is 0 Å². The summed E-state index contributed by atoms with van der Waals surface area (Å²) < 4.78 is 1.14. The lowest BCUT2D eigenvalue weighted by Gasteiger charge is -2.26. The van der Waals surface area contributed by atoms with Gasteiger partial charge in [-0.2, -0.15) is 0 Å². The van der Waals surface area contributed by atoms with E-state index in [4.69, 9.17) is 5.73 Å². The fourth-order valence-corrected chi connectivity index (χ4v) is 4.55. The predicted octanol–water partition coefficient (Wildman–Crippen LogP) is 5.01. The molecule has 1 aromatic rings. The zero-order valence-corrected chi connectivity index (χ0v) is 12.9. The van der Waals surface area contributed by atoms with E-state index in [-0.39, 0.29) is 0 Å². The molecule has 0 aromatic heterocycles. The smallest absolute Gasteiger partial charge is 0.0355 e. The van der Waals surface area contributed by atoms with E-state index in [0.29, 0.717) is 0 Å². The van der Waals surface area contributed by atoms with Gasteiger partial charge in [-0.3, -0.25) is 0 Å². The second-order valence-corrected chi connectivity index (χ2v) is 7.35. The van der Waals surface area contributed by atoms with Gasteiger partial charge in [0.1, 0.15) is 0 Å². The van der Waals surface area contributed by atoms with Gasteiger partial charge in [-0.1, -0.05) is 19.8 Å². The molecule has 0 saturated heterocycles. The van der Waals surface area contributed by atoms with E-state index in [1.807, 2.05) is 17.8 Å². The molecule has 3 heteroatoms. The zero-order valence-electron chi connectivity index (χ0n) is 10.5. The van der Waals surface area contributed by atoms with E-state index in [0.717, 1.165) is 21.3 Å². The van der Waals surface area contributed by atoms with Gasteiger partial charge in [-0.15, -0.1) is 11.8 Å². The number of rotatable bonds is 2. The van der Waals surface area contributed by atoms with Crippen molar-refractivity contribution in [1.82, 2.24) is 0 Å². The fourth-order valence-electron chi connectivity index (χ4n) is 2.43. The topological polar surface area (TPSA) is 26.0 Å². The van der Waals surface area contributed by atoms with Crippen molar-refractivity contribution in [3.63, 3.8) is 0 Å². The highest BCUT2D eigenvalue weighted by Gasteiger charge is 2.20. The molecule has 1 aliphatic carbocycles. The van der Waals surface area contributed by atoms with E-state index >= 15 is 0 Å². The number of nitrogen functional groups attached to an aromatic ring is 1. The van der Waals surface area contributed by atoms with Crippen LogP contribution in [0, 0.1) is 12.8 Å². The van der Waals surface area contributed by atoms with E-state index in [2.05, 4.69) is 35.8 Å². The molecule has 1 nitrogen and oxygen atoms in total. The van der Waals surface area contributed by atoms with Crippen molar-refractivity contribution in [2.24, 2.45) is 5.92 Å². The summed E-state index contributed by atoms with van der Waals surface area (Å²) in [6, 6.07) is 4.24. The van der Waals surface area contributed by atoms with Crippen molar-refractivity contribution < 1.29 is 0 Å². The number of benzene rings is 1. The van der Waals surface area contributed by atoms with Gasteiger partial charge in [0, 0.05) is 20.3 Å². The van der Waals surface area contributed by atoms with Crippen molar-refractivity contribution >= 4 is 33.4 Å². The van der Waals surface area contributed by atoms with Crippen LogP contribution in [-0.2, 0) is 0 Å². The van der Waals surface area contributed by atoms with E-state index in [1.165, 1.54) is 36.1 Å². The summed E-state index contributed by atoms with van der Waals surface area (Å²) in [5, 5.41) is 0.776. The van der Waals surface area contributed by atoms with Crippen molar-refractivity contribution in [3.8, 4) is 0 Å². The number of aryl methyl sites for hydroxylation is 1. The first-order chi connectivity index (χ1) is 8.06. The predicted molar refractivity (Wildman–Crippen MR) is 80.6 cm³/mol. The first kappa shape index (κ1) is 13.3. The number of halogens is 1. The molecular formula is C14H20BrNS. The normalized spacial score (nSPS) is 24.9. The molecule has 0 radical (unpaired) electrons. The first-order valence-corrected chi connectivity index (χ1v) is 7.96. The van der Waals surface area contributed by atoms with Crippen LogP contribution < -0.4 is 5.73 Å². The highest BCUT2D eigenvalue weighted by molar-refractivity contribution is 9.10. The second kappa shape index (κ2) is 5.66. The lowest BCUT2D eigenvalue weighted by molar-refractivity contribution is 0.394. The van der Waals surface area contributed by atoms with E-state index in [1.54, 1.807) is 0 Å². The Kier molecular flexibility index (Phi) is 4.42. The summed E-state index contributed by atoms with van der Waals surface area (Å²) in [6.07, 6.45) is 5.48. The minimum absolute atomic E-state index is 0.776. The molecule has 94 valence electrons. The van der Waals surface area contributed by atoms with Crippen LogP contribution >= 0.6 is 27.7 Å². The SMILES string of the molecule is Cc1cc(SC2CCCC(C)C2)c(Br)cc1N. The Morgan fingerprint density at radius 2 is 2.12 bits per heavy atom. The van der Waals surface area contributed by atoms with Gasteiger partial charge in [0.25, 0.3) is 0 Å². The number of hydrogen-bond acceptors (Lipinski definition) is 2. The Morgan fingerprint density at radius 3 is 2.82 bits per heavy atom. The van der Waals surface area contributed by atoms with Crippen LogP contribution in [0.1, 0.15) is 38.2 Å². The minimum atomic E-state index is 0.776. The molecule has 0 aliphatic heterocycles. The Hall–Kier alpha value is -0.150. The highest BCUT2D eigenvalue weighted by Crippen LogP contribution is 2.40. The number of nitrogens with two attached hydrogens (primary N) is 1. The summed E-state index contributed by atoms with van der Waals surface area (Å²) in [5.41, 5.74) is 7.96. The molecule has 1 aromatic carbocycles. The molecule has 1 saturated carbocycles. The molecule has 17 heavy (non-hydrogen) atoms. The van der Waals surface area contributed by atoms with Crippen LogP contribution in [0.2, 0.25) is 0 Å². The molecule has 1 fully saturated rings. The molecule has 0 amide bonds. The third-order valence-corrected chi connectivity index (χ3v) is 5.77. The molecule has 1 aliphatic rings. The molecule has 0 spiro atoms. The third-order valence-electron chi connectivity index (χ3n) is 3.50. The average Bonchev–Trinajstić information content (AvgIpc) is 2.26. The van der Waals surface area contributed by atoms with Gasteiger partial charge in [0.15, 0.2) is 0 Å². The summed E-state index contributed by atoms with van der Waals surface area (Å²) in [4.78, 5) is 1.34. The number of anilines is 1. The van der Waals surface area contributed by atoms with Crippen LogP contribution in [0.15, 0.2) is 21.5 Å². The number of thioether (sulfide) groups is 1. The van der Waals surface area contributed by atoms with Gasteiger partial charge in [0.05, 0.1) is 0 Å². The summed E-state index contributed by atoms with van der Waals surface area (Å²) >= 11 is 5.64. The largest absolute Gasteiger partial charge is 0.398 e. The second-order valence-electron chi connectivity index (χ2n) is 5.15. The molecular weight excluding hydrogens is 294 g/mol. The van der Waals surface area contributed by atoms with Crippen LogP contribution in [0.5, 0.6) is 0 Å². The molecule has 2 unspecified atom stereocenters. The number of hydrogen-bond donors (Lipinski definition) is 1. The molecule has 2 rings (SSSR count). The van der Waals surface area contributed by atoms with E-state index in [9.17, 15) is 0 Å². The van der Waals surface area contributed by atoms with Crippen molar-refractivity contribution in [2.45, 2.75) is 49.7 Å². The maximum atomic E-state index is 5.91. The Labute approximate surface area is 117 Å². The maximum absolute atomic E-state index is 5.91. The lowest BCUT2D eigenvalue weighted by Crippen LogP contribution is -2.14. The van der Waals surface area contributed by atoms with Gasteiger partial charge in [0.2, 0.25) is 0 Å². The summed E-state index contributed by atoms with van der Waals surface area (Å²) in [6.45, 7) is 4.45. The van der Waals surface area contributed by atoms with E-state index < -0.39 is 0 Å². The maximum Gasteiger partial charge on any atom is 0.0355 e. The Bertz CT molecular complexity index is 405. The van der Waals surface area contributed by atoms with Crippen molar-refractivity contribution in [3.05, 3.63) is 22.2 Å². The van der Waals surface area contributed by atoms with Gasteiger partial charge in [-0.05, 0) is 59.3 Å². The molecule has 0 bridgehead atoms. The van der Waals surface area contributed by atoms with Crippen molar-refractivity contribution in [2.75, 3.05) is 5.73 Å². The van der Waals surface area contributed by atoms with Crippen LogP contribution in [0.25, 0.3) is 0 Å². The molecule has 0 heterocycles. The quantitative estimate of drug-likeness (QED) is 0.777. The van der Waals surface area contributed by atoms with Gasteiger partial charge in [-0.25, -0.2) is 0 Å². The van der Waals surface area contributed by atoms with Crippen LogP contribution in [-0.4, -0.2) is 5.25 Å². The Morgan fingerprint density at radius 1 is 1.35 bits per heavy atom. The molecule has 2 atom stereocenters. The minimum Gasteiger partial charge on any atom is -0.398 e. The fraction of sp³-hybridized carbons (Fsp3) is 0.571. The van der Waals surface area contributed by atoms with Crippen LogP contribution in [0.4, 0.5) is 5.69 Å². The average molecular weight is 314 g/mol. The summed E-state index contributed by atoms with van der Waals surface area (Å²) in [7, 11) is 0. The van der Waals surface area contributed by atoms with Gasteiger partial charge < -0.3 is 5.73 Å². The standard InChI is InChI=1S/C14H20BrNS/c1-9-4-3-5-11(6-9)17-14-7-10(2)13(16)8-12(14)15/h7-9,11H,3-6,16H2,1-2H3. The highest BCUT2D eigenvalue weighted by atomic mass is 79.9. The molecule has 2 N–H and O–H groups in total. The van der Waals surface area contributed by atoms with Crippen molar-refractivity contribution in [1.29, 1.82) is 0 Å². The van der Waals surface area contributed by atoms with Gasteiger partial charge >= 0.3 is 0 Å². The lowest BCUT2D eigenvalue weighted by atomic mass is 9.91. The Balaban J connectivity index is 2.10.